The molecule has 112 valence electrons. The number of nitrogens with zero attached hydrogens (tertiary/aromatic N) is 2. The summed E-state index contributed by atoms with van der Waals surface area (Å²) < 4.78 is 6.99. The molecule has 5 nitrogen and oxygen atoms in total. The van der Waals surface area contributed by atoms with Crippen molar-refractivity contribution in [3.05, 3.63) is 12.4 Å². The Morgan fingerprint density at radius 3 is 2.85 bits per heavy atom. The van der Waals surface area contributed by atoms with E-state index in [2.05, 4.69) is 4.98 Å². The number of carbonyl (C=O) groups is 1. The fraction of sp³-hybridized carbons (Fsp3) is 0.714. The maximum atomic E-state index is 11.7. The van der Waals surface area contributed by atoms with Crippen LogP contribution >= 0.6 is 11.8 Å². The van der Waals surface area contributed by atoms with Gasteiger partial charge >= 0.3 is 5.97 Å². The topological polar surface area (TPSA) is 64.3 Å². The van der Waals surface area contributed by atoms with Crippen LogP contribution in [0.25, 0.3) is 0 Å². The molecule has 6 heteroatoms. The molecule has 0 amide bonds. The molecule has 0 radical (unpaired) electrons. The SMILES string of the molecule is CCOC(=O)C1CCC(O)(CSc2nccn2C)CC1. The Labute approximate surface area is 123 Å². The molecule has 20 heavy (non-hydrogen) atoms. The van der Waals surface area contributed by atoms with Crippen LogP contribution in [0.1, 0.15) is 32.6 Å². The number of thioether (sulfide) groups is 1. The second-order valence-corrected chi connectivity index (χ2v) is 6.30. The van der Waals surface area contributed by atoms with Gasteiger partial charge < -0.3 is 14.4 Å². The minimum absolute atomic E-state index is 0.0478. The summed E-state index contributed by atoms with van der Waals surface area (Å²) in [6, 6.07) is 0. The van der Waals surface area contributed by atoms with Gasteiger partial charge in [-0.2, -0.15) is 0 Å². The average molecular weight is 298 g/mol. The zero-order chi connectivity index (χ0) is 14.6. The Morgan fingerprint density at radius 2 is 2.30 bits per heavy atom. The fourth-order valence-corrected chi connectivity index (χ4v) is 3.57. The number of esters is 1. The minimum Gasteiger partial charge on any atom is -0.466 e. The first-order chi connectivity index (χ1) is 9.54. The van der Waals surface area contributed by atoms with Gasteiger partial charge in [0.1, 0.15) is 0 Å². The zero-order valence-electron chi connectivity index (χ0n) is 12.0. The molecule has 1 N–H and O–H groups in total. The number of aliphatic hydroxyl groups is 1. The predicted molar refractivity (Wildman–Crippen MR) is 77.5 cm³/mol. The second kappa shape index (κ2) is 6.63. The van der Waals surface area contributed by atoms with Crippen molar-refractivity contribution in [3.8, 4) is 0 Å². The highest BCUT2D eigenvalue weighted by Gasteiger charge is 2.36. The summed E-state index contributed by atoms with van der Waals surface area (Å²) in [4.78, 5) is 15.9. The number of rotatable bonds is 5. The van der Waals surface area contributed by atoms with Crippen LogP contribution in [0, 0.1) is 5.92 Å². The van der Waals surface area contributed by atoms with Crippen molar-refractivity contribution in [1.82, 2.24) is 9.55 Å². The van der Waals surface area contributed by atoms with Gasteiger partial charge in [0.2, 0.25) is 0 Å². The van der Waals surface area contributed by atoms with Crippen LogP contribution in [-0.4, -0.2) is 38.6 Å². The quantitative estimate of drug-likeness (QED) is 0.665. The molecule has 1 saturated carbocycles. The van der Waals surface area contributed by atoms with Crippen molar-refractivity contribution < 1.29 is 14.6 Å². The smallest absolute Gasteiger partial charge is 0.308 e. The van der Waals surface area contributed by atoms with Crippen LogP contribution in [0.5, 0.6) is 0 Å². The lowest BCUT2D eigenvalue weighted by molar-refractivity contribution is -0.150. The van der Waals surface area contributed by atoms with E-state index in [4.69, 9.17) is 4.74 Å². The Balaban J connectivity index is 1.82. The van der Waals surface area contributed by atoms with Gasteiger partial charge in [0.15, 0.2) is 5.16 Å². The lowest BCUT2D eigenvalue weighted by Gasteiger charge is -2.34. The molecule has 0 aromatic carbocycles. The lowest BCUT2D eigenvalue weighted by atomic mass is 9.80. The van der Waals surface area contributed by atoms with E-state index in [1.54, 1.807) is 18.0 Å². The van der Waals surface area contributed by atoms with Gasteiger partial charge in [-0.15, -0.1) is 0 Å². The summed E-state index contributed by atoms with van der Waals surface area (Å²) in [5, 5.41) is 11.5. The van der Waals surface area contributed by atoms with Crippen molar-refractivity contribution in [3.63, 3.8) is 0 Å². The van der Waals surface area contributed by atoms with E-state index >= 15 is 0 Å². The molecular formula is C14H22N2O3S. The van der Waals surface area contributed by atoms with Gasteiger partial charge in [0.25, 0.3) is 0 Å². The highest BCUT2D eigenvalue weighted by Crippen LogP contribution is 2.36. The van der Waals surface area contributed by atoms with Gasteiger partial charge in [-0.3, -0.25) is 4.79 Å². The number of aryl methyl sites for hydroxylation is 1. The highest BCUT2D eigenvalue weighted by atomic mass is 32.2. The molecule has 0 atom stereocenters. The number of ether oxygens (including phenoxy) is 1. The first-order valence-corrected chi connectivity index (χ1v) is 8.02. The maximum absolute atomic E-state index is 11.7. The summed E-state index contributed by atoms with van der Waals surface area (Å²) in [7, 11) is 1.94. The molecule has 1 aromatic heterocycles. The number of hydrogen-bond donors (Lipinski definition) is 1. The number of hydrogen-bond acceptors (Lipinski definition) is 5. The highest BCUT2D eigenvalue weighted by molar-refractivity contribution is 7.99. The van der Waals surface area contributed by atoms with Crippen molar-refractivity contribution in [2.24, 2.45) is 13.0 Å². The average Bonchev–Trinajstić information content (AvgIpc) is 2.83. The summed E-state index contributed by atoms with van der Waals surface area (Å²) in [5.74, 6) is 0.451. The van der Waals surface area contributed by atoms with Crippen LogP contribution in [-0.2, 0) is 16.6 Å². The maximum Gasteiger partial charge on any atom is 0.308 e. The second-order valence-electron chi connectivity index (χ2n) is 5.36. The van der Waals surface area contributed by atoms with Crippen molar-refractivity contribution in [2.75, 3.05) is 12.4 Å². The van der Waals surface area contributed by atoms with E-state index in [-0.39, 0.29) is 11.9 Å². The predicted octanol–water partition coefficient (Wildman–Crippen LogP) is 2.00. The normalized spacial score (nSPS) is 26.4. The largest absolute Gasteiger partial charge is 0.466 e. The third kappa shape index (κ3) is 3.76. The standard InChI is InChI=1S/C14H22N2O3S/c1-3-19-12(17)11-4-6-14(18,7-5-11)10-20-13-15-8-9-16(13)2/h8-9,11,18H,3-7,10H2,1-2H3. The Kier molecular flexibility index (Phi) is 5.10. The minimum atomic E-state index is -0.695. The third-order valence-corrected chi connectivity index (χ3v) is 5.12. The van der Waals surface area contributed by atoms with E-state index < -0.39 is 5.60 Å². The Hall–Kier alpha value is -1.01. The van der Waals surface area contributed by atoms with Gasteiger partial charge in [0, 0.05) is 25.2 Å². The summed E-state index contributed by atoms with van der Waals surface area (Å²) in [6.07, 6.45) is 6.35. The molecule has 1 aromatic rings. The molecule has 0 aliphatic heterocycles. The van der Waals surface area contributed by atoms with E-state index in [0.29, 0.717) is 38.0 Å². The fourth-order valence-electron chi connectivity index (χ4n) is 2.49. The van der Waals surface area contributed by atoms with E-state index in [1.807, 2.05) is 24.7 Å². The molecular weight excluding hydrogens is 276 g/mol. The van der Waals surface area contributed by atoms with Crippen molar-refractivity contribution >= 4 is 17.7 Å². The number of aromatic nitrogens is 2. The van der Waals surface area contributed by atoms with Gasteiger partial charge in [0.05, 0.1) is 18.1 Å². The monoisotopic (exact) mass is 298 g/mol. The Bertz CT molecular complexity index is 453. The molecule has 2 rings (SSSR count). The first-order valence-electron chi connectivity index (χ1n) is 7.03. The molecule has 1 heterocycles. The summed E-state index contributed by atoms with van der Waals surface area (Å²) in [5.41, 5.74) is -0.695. The zero-order valence-corrected chi connectivity index (χ0v) is 12.9. The molecule has 0 saturated heterocycles. The molecule has 1 aliphatic carbocycles. The summed E-state index contributed by atoms with van der Waals surface area (Å²) >= 11 is 1.56. The van der Waals surface area contributed by atoms with E-state index in [0.717, 1.165) is 5.16 Å². The number of carbonyl (C=O) groups excluding carboxylic acids is 1. The van der Waals surface area contributed by atoms with Crippen LogP contribution in [0.15, 0.2) is 17.6 Å². The number of imidazole rings is 1. The van der Waals surface area contributed by atoms with Crippen LogP contribution in [0.4, 0.5) is 0 Å². The molecule has 1 aliphatic rings. The lowest BCUT2D eigenvalue weighted by Crippen LogP contribution is -2.38. The molecule has 1 fully saturated rings. The van der Waals surface area contributed by atoms with Gasteiger partial charge in [-0.25, -0.2) is 4.98 Å². The van der Waals surface area contributed by atoms with E-state index in [9.17, 15) is 9.90 Å². The third-order valence-electron chi connectivity index (χ3n) is 3.78. The van der Waals surface area contributed by atoms with E-state index in [1.165, 1.54) is 0 Å². The van der Waals surface area contributed by atoms with Crippen molar-refractivity contribution in [2.45, 2.75) is 43.4 Å². The summed E-state index contributed by atoms with van der Waals surface area (Å²) in [6.45, 7) is 2.25. The first kappa shape index (κ1) is 15.4. The molecule has 0 spiro atoms. The van der Waals surface area contributed by atoms with Crippen molar-refractivity contribution in [1.29, 1.82) is 0 Å². The van der Waals surface area contributed by atoms with Gasteiger partial charge in [-0.05, 0) is 32.6 Å². The van der Waals surface area contributed by atoms with Crippen LogP contribution in [0.2, 0.25) is 0 Å². The van der Waals surface area contributed by atoms with Crippen LogP contribution < -0.4 is 0 Å². The Morgan fingerprint density at radius 1 is 1.60 bits per heavy atom. The molecule has 0 unspecified atom stereocenters. The molecule has 0 bridgehead atoms. The van der Waals surface area contributed by atoms with Gasteiger partial charge in [-0.1, -0.05) is 11.8 Å². The van der Waals surface area contributed by atoms with Crippen LogP contribution in [0.3, 0.4) is 0 Å².